The SMILES string of the molecule is Cc1c(-c2ccncn2)nc2n(c1=O)CCCN2CC(=O)c1ccccc1. The molecule has 3 aromatic rings. The molecule has 0 radical (unpaired) electrons. The highest BCUT2D eigenvalue weighted by Gasteiger charge is 2.25. The molecule has 1 aromatic carbocycles. The quantitative estimate of drug-likeness (QED) is 0.662. The molecular formula is C20H19N5O2. The Kier molecular flexibility index (Phi) is 4.50. The van der Waals surface area contributed by atoms with Gasteiger partial charge in [0, 0.05) is 30.4 Å². The minimum Gasteiger partial charge on any atom is -0.334 e. The van der Waals surface area contributed by atoms with Gasteiger partial charge in [0.15, 0.2) is 5.78 Å². The Morgan fingerprint density at radius 2 is 1.96 bits per heavy atom. The zero-order chi connectivity index (χ0) is 18.8. The van der Waals surface area contributed by atoms with Crippen molar-refractivity contribution in [1.82, 2.24) is 19.5 Å². The van der Waals surface area contributed by atoms with Crippen molar-refractivity contribution in [2.24, 2.45) is 0 Å². The van der Waals surface area contributed by atoms with Crippen molar-refractivity contribution in [3.63, 3.8) is 0 Å². The molecule has 0 bridgehead atoms. The van der Waals surface area contributed by atoms with Gasteiger partial charge in [0.25, 0.3) is 5.56 Å². The number of anilines is 1. The summed E-state index contributed by atoms with van der Waals surface area (Å²) in [5, 5.41) is 0. The number of hydrogen-bond acceptors (Lipinski definition) is 6. The maximum Gasteiger partial charge on any atom is 0.258 e. The monoisotopic (exact) mass is 361 g/mol. The van der Waals surface area contributed by atoms with Crippen molar-refractivity contribution in [2.45, 2.75) is 19.9 Å². The van der Waals surface area contributed by atoms with Gasteiger partial charge in [0.05, 0.1) is 12.2 Å². The molecule has 0 atom stereocenters. The number of fused-ring (bicyclic) bond motifs is 1. The molecule has 3 heterocycles. The number of Topliss-reactive ketones (excluding diaryl/α,β-unsaturated/α-hetero) is 1. The summed E-state index contributed by atoms with van der Waals surface area (Å²) >= 11 is 0. The zero-order valence-corrected chi connectivity index (χ0v) is 15.0. The van der Waals surface area contributed by atoms with Crippen LogP contribution in [0.5, 0.6) is 0 Å². The molecule has 0 spiro atoms. The van der Waals surface area contributed by atoms with Gasteiger partial charge in [-0.1, -0.05) is 30.3 Å². The second-order valence-electron chi connectivity index (χ2n) is 6.50. The molecule has 1 aliphatic heterocycles. The smallest absolute Gasteiger partial charge is 0.258 e. The molecular weight excluding hydrogens is 342 g/mol. The molecule has 27 heavy (non-hydrogen) atoms. The van der Waals surface area contributed by atoms with Crippen LogP contribution in [0.3, 0.4) is 0 Å². The molecule has 2 aromatic heterocycles. The molecule has 0 saturated carbocycles. The van der Waals surface area contributed by atoms with E-state index in [-0.39, 0.29) is 17.9 Å². The van der Waals surface area contributed by atoms with Crippen molar-refractivity contribution >= 4 is 11.7 Å². The molecule has 0 saturated heterocycles. The van der Waals surface area contributed by atoms with Crippen LogP contribution < -0.4 is 10.5 Å². The van der Waals surface area contributed by atoms with Crippen LogP contribution in [0.1, 0.15) is 22.3 Å². The zero-order valence-electron chi connectivity index (χ0n) is 15.0. The highest BCUT2D eigenvalue weighted by molar-refractivity contribution is 5.99. The molecule has 0 unspecified atom stereocenters. The van der Waals surface area contributed by atoms with E-state index in [0.717, 1.165) is 6.42 Å². The molecule has 1 aliphatic rings. The van der Waals surface area contributed by atoms with E-state index in [1.165, 1.54) is 6.33 Å². The van der Waals surface area contributed by atoms with Gasteiger partial charge in [-0.15, -0.1) is 0 Å². The number of aromatic nitrogens is 4. The minimum absolute atomic E-state index is 0.00228. The van der Waals surface area contributed by atoms with Gasteiger partial charge >= 0.3 is 0 Å². The summed E-state index contributed by atoms with van der Waals surface area (Å²) in [4.78, 5) is 40.3. The number of nitrogens with zero attached hydrogens (tertiary/aromatic N) is 5. The lowest BCUT2D eigenvalue weighted by molar-refractivity contribution is 0.0997. The number of ketones is 1. The van der Waals surface area contributed by atoms with Crippen LogP contribution in [0.2, 0.25) is 0 Å². The van der Waals surface area contributed by atoms with Crippen molar-refractivity contribution in [3.05, 3.63) is 70.4 Å². The molecule has 0 fully saturated rings. The van der Waals surface area contributed by atoms with Gasteiger partial charge in [0.1, 0.15) is 12.0 Å². The molecule has 7 nitrogen and oxygen atoms in total. The van der Waals surface area contributed by atoms with Gasteiger partial charge in [-0.2, -0.15) is 0 Å². The lowest BCUT2D eigenvalue weighted by Gasteiger charge is -2.31. The molecule has 7 heteroatoms. The van der Waals surface area contributed by atoms with Crippen LogP contribution in [0.15, 0.2) is 53.7 Å². The number of carbonyl (C=O) groups excluding carboxylic acids is 1. The Bertz CT molecular complexity index is 1030. The van der Waals surface area contributed by atoms with Crippen LogP contribution >= 0.6 is 0 Å². The third-order valence-electron chi connectivity index (χ3n) is 4.72. The first-order valence-electron chi connectivity index (χ1n) is 8.86. The van der Waals surface area contributed by atoms with E-state index in [9.17, 15) is 9.59 Å². The van der Waals surface area contributed by atoms with Gasteiger partial charge in [-0.3, -0.25) is 14.2 Å². The van der Waals surface area contributed by atoms with Crippen LogP contribution in [0, 0.1) is 6.92 Å². The first-order valence-corrected chi connectivity index (χ1v) is 8.86. The first kappa shape index (κ1) is 17.1. The van der Waals surface area contributed by atoms with Gasteiger partial charge < -0.3 is 4.90 Å². The molecule has 0 amide bonds. The lowest BCUT2D eigenvalue weighted by atomic mass is 10.1. The Morgan fingerprint density at radius 3 is 2.70 bits per heavy atom. The summed E-state index contributed by atoms with van der Waals surface area (Å²) < 4.78 is 1.65. The summed E-state index contributed by atoms with van der Waals surface area (Å²) in [6.45, 7) is 3.22. The predicted octanol–water partition coefficient (Wildman–Crippen LogP) is 2.10. The number of benzene rings is 1. The van der Waals surface area contributed by atoms with Gasteiger partial charge in [-0.05, 0) is 19.4 Å². The number of rotatable bonds is 4. The van der Waals surface area contributed by atoms with Crippen LogP contribution in [-0.4, -0.2) is 38.4 Å². The van der Waals surface area contributed by atoms with E-state index in [1.54, 1.807) is 35.9 Å². The summed E-state index contributed by atoms with van der Waals surface area (Å²) in [6, 6.07) is 10.9. The topological polar surface area (TPSA) is 81.0 Å². The second kappa shape index (κ2) is 7.11. The maximum atomic E-state index is 12.9. The fraction of sp³-hybridized carbons (Fsp3) is 0.250. The average molecular weight is 361 g/mol. The Morgan fingerprint density at radius 1 is 1.15 bits per heavy atom. The highest BCUT2D eigenvalue weighted by atomic mass is 16.1. The fourth-order valence-corrected chi connectivity index (χ4v) is 3.32. The van der Waals surface area contributed by atoms with Gasteiger partial charge in [-0.25, -0.2) is 15.0 Å². The fourth-order valence-electron chi connectivity index (χ4n) is 3.32. The Labute approximate surface area is 156 Å². The first-order chi connectivity index (χ1) is 13.1. The van der Waals surface area contributed by atoms with Crippen molar-refractivity contribution in [3.8, 4) is 11.4 Å². The van der Waals surface area contributed by atoms with E-state index in [0.29, 0.717) is 41.6 Å². The van der Waals surface area contributed by atoms with Crippen molar-refractivity contribution < 1.29 is 4.79 Å². The van der Waals surface area contributed by atoms with Gasteiger partial charge in [0.2, 0.25) is 5.95 Å². The third kappa shape index (κ3) is 3.23. The normalized spacial score (nSPS) is 13.3. The average Bonchev–Trinajstić information content (AvgIpc) is 2.72. The summed E-state index contributed by atoms with van der Waals surface area (Å²) in [6.07, 6.45) is 3.85. The van der Waals surface area contributed by atoms with E-state index in [1.807, 2.05) is 23.1 Å². The summed E-state index contributed by atoms with van der Waals surface area (Å²) in [5.41, 5.74) is 2.25. The maximum absolute atomic E-state index is 12.9. The Balaban J connectivity index is 1.74. The minimum atomic E-state index is -0.0922. The summed E-state index contributed by atoms with van der Waals surface area (Å²) in [5.74, 6) is 0.525. The van der Waals surface area contributed by atoms with Crippen LogP contribution in [-0.2, 0) is 6.54 Å². The lowest BCUT2D eigenvalue weighted by Crippen LogP contribution is -2.42. The van der Waals surface area contributed by atoms with E-state index in [4.69, 9.17) is 4.98 Å². The second-order valence-corrected chi connectivity index (χ2v) is 6.50. The van der Waals surface area contributed by atoms with Crippen LogP contribution in [0.4, 0.5) is 5.95 Å². The predicted molar refractivity (Wildman–Crippen MR) is 102 cm³/mol. The van der Waals surface area contributed by atoms with Crippen molar-refractivity contribution in [1.29, 1.82) is 0 Å². The third-order valence-corrected chi connectivity index (χ3v) is 4.72. The molecule has 0 N–H and O–H groups in total. The molecule has 4 rings (SSSR count). The van der Waals surface area contributed by atoms with Crippen molar-refractivity contribution in [2.75, 3.05) is 18.0 Å². The molecule has 0 aliphatic carbocycles. The highest BCUT2D eigenvalue weighted by Crippen LogP contribution is 2.23. The number of carbonyl (C=O) groups is 1. The van der Waals surface area contributed by atoms with E-state index in [2.05, 4.69) is 9.97 Å². The Hall–Kier alpha value is -3.35. The van der Waals surface area contributed by atoms with E-state index < -0.39 is 0 Å². The molecule has 136 valence electrons. The summed E-state index contributed by atoms with van der Waals surface area (Å²) in [7, 11) is 0. The number of hydrogen-bond donors (Lipinski definition) is 0. The van der Waals surface area contributed by atoms with Crippen LogP contribution in [0.25, 0.3) is 11.4 Å². The largest absolute Gasteiger partial charge is 0.334 e. The van der Waals surface area contributed by atoms with E-state index >= 15 is 0 Å². The standard InChI is InChI=1S/C20H19N5O2/c1-14-18(16-8-9-21-13-22-16)23-20-24(10-5-11-25(20)19(14)27)12-17(26)15-6-3-2-4-7-15/h2-4,6-9,13H,5,10-12H2,1H3.